The molecule has 0 radical (unpaired) electrons. The van der Waals surface area contributed by atoms with Crippen molar-refractivity contribution in [1.82, 2.24) is 0 Å². The molecule has 15 heavy (non-hydrogen) atoms. The molecule has 0 aromatic carbocycles. The van der Waals surface area contributed by atoms with Gasteiger partial charge in [-0.1, -0.05) is 12.8 Å². The molecule has 0 heterocycles. The van der Waals surface area contributed by atoms with E-state index in [4.69, 9.17) is 10.5 Å². The van der Waals surface area contributed by atoms with Gasteiger partial charge in [-0.3, -0.25) is 4.79 Å². The largest absolute Gasteiger partial charge is 0.465 e. The molecule has 2 saturated carbocycles. The van der Waals surface area contributed by atoms with Crippen LogP contribution in [0.1, 0.15) is 44.9 Å². The van der Waals surface area contributed by atoms with Gasteiger partial charge in [-0.05, 0) is 38.0 Å². The standard InChI is InChI=1S/C12H21NO2/c13-11-6-5-10(7-11)12(14)15-8-9-3-1-2-4-9/h9-11H,1-8,13H2. The molecular weight excluding hydrogens is 190 g/mol. The van der Waals surface area contributed by atoms with Gasteiger partial charge < -0.3 is 10.5 Å². The Balaban J connectivity index is 1.67. The fourth-order valence-electron chi connectivity index (χ4n) is 2.73. The fraction of sp³-hybridized carbons (Fsp3) is 0.917. The highest BCUT2D eigenvalue weighted by atomic mass is 16.5. The van der Waals surface area contributed by atoms with Crippen LogP contribution in [0.25, 0.3) is 0 Å². The minimum atomic E-state index is -0.00477. The van der Waals surface area contributed by atoms with Crippen LogP contribution in [0.15, 0.2) is 0 Å². The molecule has 0 amide bonds. The first kappa shape index (κ1) is 10.9. The van der Waals surface area contributed by atoms with E-state index in [1.54, 1.807) is 0 Å². The first-order chi connectivity index (χ1) is 7.25. The number of carbonyl (C=O) groups excluding carboxylic acids is 1. The van der Waals surface area contributed by atoms with Crippen molar-refractivity contribution in [3.05, 3.63) is 0 Å². The van der Waals surface area contributed by atoms with E-state index >= 15 is 0 Å². The highest BCUT2D eigenvalue weighted by molar-refractivity contribution is 5.72. The maximum absolute atomic E-state index is 11.7. The van der Waals surface area contributed by atoms with Gasteiger partial charge in [0, 0.05) is 6.04 Å². The van der Waals surface area contributed by atoms with Gasteiger partial charge in [-0.15, -0.1) is 0 Å². The molecule has 2 rings (SSSR count). The maximum Gasteiger partial charge on any atom is 0.308 e. The summed E-state index contributed by atoms with van der Waals surface area (Å²) in [6, 6.07) is 0.217. The zero-order chi connectivity index (χ0) is 10.7. The smallest absolute Gasteiger partial charge is 0.308 e. The van der Waals surface area contributed by atoms with E-state index in [1.165, 1.54) is 25.7 Å². The molecule has 2 aliphatic carbocycles. The van der Waals surface area contributed by atoms with Crippen LogP contribution in [-0.4, -0.2) is 18.6 Å². The van der Waals surface area contributed by atoms with E-state index in [9.17, 15) is 4.79 Å². The van der Waals surface area contributed by atoms with Crippen LogP contribution in [0.4, 0.5) is 0 Å². The van der Waals surface area contributed by atoms with Crippen LogP contribution in [0.3, 0.4) is 0 Å². The molecule has 2 N–H and O–H groups in total. The van der Waals surface area contributed by atoms with Crippen molar-refractivity contribution in [2.75, 3.05) is 6.61 Å². The lowest BCUT2D eigenvalue weighted by atomic mass is 10.1. The number of hydrogen-bond acceptors (Lipinski definition) is 3. The second-order valence-electron chi connectivity index (χ2n) is 5.05. The Labute approximate surface area is 91.4 Å². The normalized spacial score (nSPS) is 32.1. The third kappa shape index (κ3) is 2.94. The van der Waals surface area contributed by atoms with Crippen LogP contribution < -0.4 is 5.73 Å². The molecule has 2 fully saturated rings. The summed E-state index contributed by atoms with van der Waals surface area (Å²) < 4.78 is 5.36. The summed E-state index contributed by atoms with van der Waals surface area (Å²) >= 11 is 0. The minimum absolute atomic E-state index is 0.00477. The summed E-state index contributed by atoms with van der Waals surface area (Å²) in [5, 5.41) is 0. The second kappa shape index (κ2) is 4.97. The molecule has 0 saturated heterocycles. The Hall–Kier alpha value is -0.570. The van der Waals surface area contributed by atoms with Gasteiger partial charge in [0.25, 0.3) is 0 Å². The molecule has 2 aliphatic rings. The van der Waals surface area contributed by atoms with E-state index < -0.39 is 0 Å². The summed E-state index contributed by atoms with van der Waals surface area (Å²) in [7, 11) is 0. The number of hydrogen-bond donors (Lipinski definition) is 1. The molecule has 2 atom stereocenters. The van der Waals surface area contributed by atoms with Gasteiger partial charge in [-0.2, -0.15) is 0 Å². The molecule has 0 aliphatic heterocycles. The molecular formula is C12H21NO2. The number of rotatable bonds is 3. The number of nitrogens with two attached hydrogens (primary N) is 1. The number of carbonyl (C=O) groups is 1. The van der Waals surface area contributed by atoms with Crippen molar-refractivity contribution in [2.45, 2.75) is 51.0 Å². The molecule has 0 aromatic heterocycles. The van der Waals surface area contributed by atoms with E-state index in [0.29, 0.717) is 12.5 Å². The third-order valence-electron chi connectivity index (χ3n) is 3.74. The van der Waals surface area contributed by atoms with Crippen LogP contribution in [0.2, 0.25) is 0 Å². The second-order valence-corrected chi connectivity index (χ2v) is 5.05. The van der Waals surface area contributed by atoms with Gasteiger partial charge in [-0.25, -0.2) is 0 Å². The average Bonchev–Trinajstić information content (AvgIpc) is 2.84. The van der Waals surface area contributed by atoms with Crippen molar-refractivity contribution >= 4 is 5.97 Å². The van der Waals surface area contributed by atoms with Crippen molar-refractivity contribution in [2.24, 2.45) is 17.6 Å². The fourth-order valence-corrected chi connectivity index (χ4v) is 2.73. The lowest BCUT2D eigenvalue weighted by Crippen LogP contribution is -2.21. The monoisotopic (exact) mass is 211 g/mol. The Kier molecular flexibility index (Phi) is 3.62. The SMILES string of the molecule is NC1CCC(C(=O)OCC2CCCC2)C1. The molecule has 0 spiro atoms. The van der Waals surface area contributed by atoms with Crippen molar-refractivity contribution in [1.29, 1.82) is 0 Å². The predicted octanol–water partition coefficient (Wildman–Crippen LogP) is 1.85. The Morgan fingerprint density at radius 1 is 1.20 bits per heavy atom. The molecule has 3 nitrogen and oxygen atoms in total. The highest BCUT2D eigenvalue weighted by Gasteiger charge is 2.29. The molecule has 0 bridgehead atoms. The van der Waals surface area contributed by atoms with Gasteiger partial charge in [0.2, 0.25) is 0 Å². The van der Waals surface area contributed by atoms with Gasteiger partial charge in [0.05, 0.1) is 12.5 Å². The average molecular weight is 211 g/mol. The minimum Gasteiger partial charge on any atom is -0.465 e. The predicted molar refractivity (Wildman–Crippen MR) is 58.2 cm³/mol. The van der Waals surface area contributed by atoms with Crippen LogP contribution >= 0.6 is 0 Å². The summed E-state index contributed by atoms with van der Waals surface area (Å²) in [5.41, 5.74) is 5.77. The van der Waals surface area contributed by atoms with Crippen molar-refractivity contribution in [3.63, 3.8) is 0 Å². The first-order valence-corrected chi connectivity index (χ1v) is 6.18. The van der Waals surface area contributed by atoms with E-state index in [0.717, 1.165) is 19.3 Å². The van der Waals surface area contributed by atoms with Gasteiger partial charge in [0.1, 0.15) is 0 Å². The maximum atomic E-state index is 11.7. The molecule has 2 unspecified atom stereocenters. The van der Waals surface area contributed by atoms with Crippen molar-refractivity contribution in [3.8, 4) is 0 Å². The third-order valence-corrected chi connectivity index (χ3v) is 3.74. The Morgan fingerprint density at radius 2 is 1.93 bits per heavy atom. The zero-order valence-electron chi connectivity index (χ0n) is 9.28. The summed E-state index contributed by atoms with van der Waals surface area (Å²) in [6.45, 7) is 0.643. The summed E-state index contributed by atoms with van der Waals surface area (Å²) in [6.07, 6.45) is 7.79. The Morgan fingerprint density at radius 3 is 2.53 bits per heavy atom. The lowest BCUT2D eigenvalue weighted by molar-refractivity contribution is -0.149. The van der Waals surface area contributed by atoms with E-state index in [-0.39, 0.29) is 17.9 Å². The highest BCUT2D eigenvalue weighted by Crippen LogP contribution is 2.28. The van der Waals surface area contributed by atoms with Crippen LogP contribution in [0, 0.1) is 11.8 Å². The first-order valence-electron chi connectivity index (χ1n) is 6.18. The topological polar surface area (TPSA) is 52.3 Å². The van der Waals surface area contributed by atoms with Crippen LogP contribution in [-0.2, 0) is 9.53 Å². The van der Waals surface area contributed by atoms with E-state index in [2.05, 4.69) is 0 Å². The zero-order valence-corrected chi connectivity index (χ0v) is 9.28. The number of ether oxygens (including phenoxy) is 1. The Bertz CT molecular complexity index is 224. The van der Waals surface area contributed by atoms with Crippen molar-refractivity contribution < 1.29 is 9.53 Å². The van der Waals surface area contributed by atoms with E-state index in [1.807, 2.05) is 0 Å². The van der Waals surface area contributed by atoms with Gasteiger partial charge >= 0.3 is 5.97 Å². The summed E-state index contributed by atoms with van der Waals surface area (Å²) in [5.74, 6) is 0.709. The quantitative estimate of drug-likeness (QED) is 0.725. The van der Waals surface area contributed by atoms with Crippen LogP contribution in [0.5, 0.6) is 0 Å². The van der Waals surface area contributed by atoms with Gasteiger partial charge in [0.15, 0.2) is 0 Å². The molecule has 86 valence electrons. The molecule has 3 heteroatoms. The number of esters is 1. The molecule has 0 aromatic rings. The lowest BCUT2D eigenvalue weighted by Gasteiger charge is -2.13. The summed E-state index contributed by atoms with van der Waals surface area (Å²) in [4.78, 5) is 11.7.